The first kappa shape index (κ1) is 18.2. The van der Waals surface area contributed by atoms with Crippen molar-refractivity contribution in [2.24, 2.45) is 5.92 Å². The van der Waals surface area contributed by atoms with Gasteiger partial charge in [0.25, 0.3) is 0 Å². The molecule has 4 rings (SSSR count). The van der Waals surface area contributed by atoms with E-state index in [1.165, 1.54) is 12.8 Å². The summed E-state index contributed by atoms with van der Waals surface area (Å²) in [5.74, 6) is 1.47. The molecule has 2 N–H and O–H groups in total. The molecule has 4 heterocycles. The molecule has 2 aliphatic rings. The monoisotopic (exact) mass is 385 g/mol. The zero-order chi connectivity index (χ0) is 18.6. The highest BCUT2D eigenvalue weighted by molar-refractivity contribution is 6.33. The summed E-state index contributed by atoms with van der Waals surface area (Å²) in [5, 5.41) is 6.72. The molecule has 0 radical (unpaired) electrons. The Balaban J connectivity index is 1.55. The second-order valence-electron chi connectivity index (χ2n) is 7.16. The van der Waals surface area contributed by atoms with E-state index in [1.54, 1.807) is 6.20 Å². The van der Waals surface area contributed by atoms with Gasteiger partial charge in [0.1, 0.15) is 11.6 Å². The van der Waals surface area contributed by atoms with E-state index in [9.17, 15) is 4.79 Å². The predicted octanol–water partition coefficient (Wildman–Crippen LogP) is 3.34. The molecule has 0 aromatic carbocycles. The summed E-state index contributed by atoms with van der Waals surface area (Å²) in [7, 11) is 0. The minimum atomic E-state index is -0.0173. The van der Waals surface area contributed by atoms with E-state index in [-0.39, 0.29) is 11.8 Å². The molecule has 2 saturated heterocycles. The van der Waals surface area contributed by atoms with Crippen molar-refractivity contribution < 1.29 is 4.79 Å². The minimum absolute atomic E-state index is 0.00162. The van der Waals surface area contributed by atoms with Crippen LogP contribution in [0.3, 0.4) is 0 Å². The van der Waals surface area contributed by atoms with Crippen molar-refractivity contribution in [3.63, 3.8) is 0 Å². The molecule has 2 aromatic rings. The second kappa shape index (κ2) is 8.23. The molecule has 2 aliphatic heterocycles. The first-order chi connectivity index (χ1) is 13.2. The molecule has 0 aliphatic carbocycles. The number of amides is 1. The van der Waals surface area contributed by atoms with Gasteiger partial charge in [-0.3, -0.25) is 4.79 Å². The number of hydrogen-bond donors (Lipinski definition) is 2. The summed E-state index contributed by atoms with van der Waals surface area (Å²) in [6.45, 7) is 3.77. The highest BCUT2D eigenvalue weighted by Gasteiger charge is 2.22. The molecule has 1 amide bonds. The fourth-order valence-corrected chi connectivity index (χ4v) is 3.90. The number of anilines is 2. The molecule has 0 saturated carbocycles. The van der Waals surface area contributed by atoms with Crippen molar-refractivity contribution in [1.82, 2.24) is 15.3 Å². The van der Waals surface area contributed by atoms with Gasteiger partial charge in [-0.2, -0.15) is 0 Å². The van der Waals surface area contributed by atoms with E-state index < -0.39 is 0 Å². The first-order valence-corrected chi connectivity index (χ1v) is 9.98. The predicted molar refractivity (Wildman–Crippen MR) is 108 cm³/mol. The smallest absolute Gasteiger partial charge is 0.229 e. The Hall–Kier alpha value is -2.18. The largest absolute Gasteiger partial charge is 0.357 e. The average molecular weight is 386 g/mol. The Kier molecular flexibility index (Phi) is 5.55. The maximum absolute atomic E-state index is 12.5. The van der Waals surface area contributed by atoms with E-state index in [1.807, 2.05) is 24.3 Å². The third-order valence-corrected chi connectivity index (χ3v) is 5.52. The van der Waals surface area contributed by atoms with Crippen LogP contribution in [0, 0.1) is 5.92 Å². The summed E-state index contributed by atoms with van der Waals surface area (Å²) < 4.78 is 0. The lowest BCUT2D eigenvalue weighted by Crippen LogP contribution is -2.37. The van der Waals surface area contributed by atoms with E-state index >= 15 is 0 Å². The van der Waals surface area contributed by atoms with Gasteiger partial charge in [-0.15, -0.1) is 0 Å². The summed E-state index contributed by atoms with van der Waals surface area (Å²) in [6.07, 6.45) is 5.90. The molecule has 142 valence electrons. The third kappa shape index (κ3) is 4.22. The zero-order valence-electron chi connectivity index (χ0n) is 15.2. The molecule has 0 unspecified atom stereocenters. The number of piperidine rings is 1. The van der Waals surface area contributed by atoms with Gasteiger partial charge in [-0.1, -0.05) is 17.7 Å². The lowest BCUT2D eigenvalue weighted by molar-refractivity contribution is -0.120. The lowest BCUT2D eigenvalue weighted by Gasteiger charge is -2.21. The molecule has 7 heteroatoms. The van der Waals surface area contributed by atoms with Crippen LogP contribution >= 0.6 is 11.6 Å². The Morgan fingerprint density at radius 3 is 2.89 bits per heavy atom. The molecular formula is C20H24ClN5O. The van der Waals surface area contributed by atoms with Gasteiger partial charge in [-0.25, -0.2) is 9.97 Å². The fraction of sp³-hybridized carbons (Fsp3) is 0.450. The van der Waals surface area contributed by atoms with Gasteiger partial charge in [-0.05, 0) is 50.4 Å². The topological polar surface area (TPSA) is 70.2 Å². The van der Waals surface area contributed by atoms with Gasteiger partial charge in [0.15, 0.2) is 0 Å². The van der Waals surface area contributed by atoms with Crippen molar-refractivity contribution in [2.75, 3.05) is 36.4 Å². The molecule has 0 bridgehead atoms. The number of aromatic nitrogens is 2. The van der Waals surface area contributed by atoms with E-state index in [0.29, 0.717) is 17.4 Å². The van der Waals surface area contributed by atoms with Crippen molar-refractivity contribution >= 4 is 29.1 Å². The number of carbonyl (C=O) groups excluding carboxylic acids is 1. The van der Waals surface area contributed by atoms with Crippen LogP contribution in [0.1, 0.15) is 25.7 Å². The Labute approximate surface area is 164 Å². The van der Waals surface area contributed by atoms with Crippen molar-refractivity contribution in [3.8, 4) is 11.3 Å². The van der Waals surface area contributed by atoms with Gasteiger partial charge < -0.3 is 15.5 Å². The van der Waals surface area contributed by atoms with Gasteiger partial charge in [0.05, 0.1) is 16.6 Å². The summed E-state index contributed by atoms with van der Waals surface area (Å²) in [5.41, 5.74) is 1.58. The molecular weight excluding hydrogens is 362 g/mol. The lowest BCUT2D eigenvalue weighted by atomic mass is 9.99. The van der Waals surface area contributed by atoms with Crippen LogP contribution in [0.2, 0.25) is 5.02 Å². The van der Waals surface area contributed by atoms with Crippen LogP contribution in [0.4, 0.5) is 11.6 Å². The normalized spacial score (nSPS) is 19.9. The first-order valence-electron chi connectivity index (χ1n) is 9.60. The minimum Gasteiger partial charge on any atom is -0.357 e. The number of nitrogens with zero attached hydrogens (tertiary/aromatic N) is 3. The second-order valence-corrected chi connectivity index (χ2v) is 7.56. The van der Waals surface area contributed by atoms with Gasteiger partial charge in [0.2, 0.25) is 5.91 Å². The number of hydrogen-bond acceptors (Lipinski definition) is 5. The van der Waals surface area contributed by atoms with Crippen LogP contribution < -0.4 is 15.5 Å². The molecule has 0 spiro atoms. The number of carbonyl (C=O) groups is 1. The maximum Gasteiger partial charge on any atom is 0.229 e. The summed E-state index contributed by atoms with van der Waals surface area (Å²) in [4.78, 5) is 23.8. The van der Waals surface area contributed by atoms with E-state index in [4.69, 9.17) is 16.6 Å². The molecule has 2 aromatic heterocycles. The Bertz CT molecular complexity index is 816. The van der Waals surface area contributed by atoms with Gasteiger partial charge in [0, 0.05) is 31.4 Å². The van der Waals surface area contributed by atoms with Crippen LogP contribution in [-0.4, -0.2) is 42.1 Å². The highest BCUT2D eigenvalue weighted by Crippen LogP contribution is 2.30. The molecule has 27 heavy (non-hydrogen) atoms. The fourth-order valence-electron chi connectivity index (χ4n) is 3.70. The molecule has 2 fully saturated rings. The number of nitrogens with one attached hydrogen (secondary N) is 2. The van der Waals surface area contributed by atoms with Crippen LogP contribution in [-0.2, 0) is 4.79 Å². The van der Waals surface area contributed by atoms with E-state index in [2.05, 4.69) is 20.5 Å². The summed E-state index contributed by atoms with van der Waals surface area (Å²) in [6, 6.07) is 7.78. The van der Waals surface area contributed by atoms with Crippen LogP contribution in [0.5, 0.6) is 0 Å². The molecule has 1 atom stereocenters. The van der Waals surface area contributed by atoms with Crippen LogP contribution in [0.25, 0.3) is 11.3 Å². The number of rotatable bonds is 4. The summed E-state index contributed by atoms with van der Waals surface area (Å²) >= 11 is 6.39. The third-order valence-electron chi connectivity index (χ3n) is 5.21. The van der Waals surface area contributed by atoms with Gasteiger partial charge >= 0.3 is 0 Å². The highest BCUT2D eigenvalue weighted by atomic mass is 35.5. The quantitative estimate of drug-likeness (QED) is 0.844. The molecule has 6 nitrogen and oxygen atoms in total. The average Bonchev–Trinajstić information content (AvgIpc) is 3.25. The maximum atomic E-state index is 12.5. The number of halogens is 1. The van der Waals surface area contributed by atoms with E-state index in [0.717, 1.165) is 49.6 Å². The Morgan fingerprint density at radius 2 is 2.11 bits per heavy atom. The van der Waals surface area contributed by atoms with Crippen molar-refractivity contribution in [3.05, 3.63) is 35.5 Å². The number of pyridine rings is 2. The van der Waals surface area contributed by atoms with Crippen molar-refractivity contribution in [1.29, 1.82) is 0 Å². The zero-order valence-corrected chi connectivity index (χ0v) is 16.0. The standard InChI is InChI=1S/C20H24ClN5O/c21-16-13-23-18(25-20(27)14-5-4-8-22-12-14)11-15(16)17-6-3-7-19(24-17)26-9-1-2-10-26/h3,6-7,11,13-14,22H,1-2,4-5,8-10,12H2,(H,23,25,27)/t14-/m1/s1. The van der Waals surface area contributed by atoms with Crippen molar-refractivity contribution in [2.45, 2.75) is 25.7 Å². The Morgan fingerprint density at radius 1 is 1.26 bits per heavy atom. The SMILES string of the molecule is O=C(Nc1cc(-c2cccc(N3CCCC3)n2)c(Cl)cn1)[C@@H]1CCCNC1. The van der Waals surface area contributed by atoms with Crippen LogP contribution in [0.15, 0.2) is 30.5 Å².